The Morgan fingerprint density at radius 3 is 2.34 bits per heavy atom. The summed E-state index contributed by atoms with van der Waals surface area (Å²) < 4.78 is 96.6. The Morgan fingerprint density at radius 2 is 1.71 bits per heavy atom. The van der Waals surface area contributed by atoms with E-state index in [1.807, 2.05) is 0 Å². The van der Waals surface area contributed by atoms with Gasteiger partial charge in [-0.05, 0) is 54.8 Å². The Morgan fingerprint density at radius 1 is 1.03 bits per heavy atom. The highest BCUT2D eigenvalue weighted by Crippen LogP contribution is 2.37. The highest BCUT2D eigenvalue weighted by atomic mass is 32.1. The summed E-state index contributed by atoms with van der Waals surface area (Å²) in [5, 5.41) is 0. The van der Waals surface area contributed by atoms with Crippen molar-refractivity contribution in [3.05, 3.63) is 52.6 Å². The summed E-state index contributed by atoms with van der Waals surface area (Å²) in [5.41, 5.74) is 1.82. The van der Waals surface area contributed by atoms with Gasteiger partial charge in [-0.3, -0.25) is 9.69 Å². The van der Waals surface area contributed by atoms with Crippen molar-refractivity contribution in [1.29, 1.82) is 0 Å². The minimum atomic E-state index is -5.18. The number of amides is 1. The Bertz CT molecular complexity index is 1400. The SMILES string of the molecule is O=C(N=c1sc2cc(OC(F)(F)F)cc3c2n1[C@@H](CN1CCN(c2ccc(F)cc2)CC1)CC3)C(F)(F)F. The number of anilines is 1. The fraction of sp³-hybridized carbons (Fsp3) is 0.417. The van der Waals surface area contributed by atoms with Crippen molar-refractivity contribution in [2.24, 2.45) is 4.99 Å². The number of carbonyl (C=O) groups excluding carboxylic acids is 1. The van der Waals surface area contributed by atoms with Crippen LogP contribution in [0.25, 0.3) is 10.2 Å². The van der Waals surface area contributed by atoms with E-state index in [1.165, 1.54) is 18.2 Å². The maximum atomic E-state index is 13.2. The first kappa shape index (κ1) is 26.5. The molecule has 0 aliphatic carbocycles. The highest BCUT2D eigenvalue weighted by Gasteiger charge is 2.39. The van der Waals surface area contributed by atoms with Crippen LogP contribution in [-0.2, 0) is 11.2 Å². The van der Waals surface area contributed by atoms with Gasteiger partial charge in [0.2, 0.25) is 0 Å². The molecule has 0 spiro atoms. The second-order valence-electron chi connectivity index (χ2n) is 9.10. The molecule has 1 fully saturated rings. The fourth-order valence-electron chi connectivity index (χ4n) is 4.94. The zero-order chi connectivity index (χ0) is 27.2. The number of alkyl halides is 6. The average molecular weight is 563 g/mol. The molecule has 3 heterocycles. The van der Waals surface area contributed by atoms with Crippen LogP contribution in [0.3, 0.4) is 0 Å². The van der Waals surface area contributed by atoms with E-state index in [9.17, 15) is 35.5 Å². The van der Waals surface area contributed by atoms with Crippen molar-refractivity contribution in [2.75, 3.05) is 37.6 Å². The van der Waals surface area contributed by atoms with Crippen LogP contribution in [0.4, 0.5) is 36.4 Å². The third kappa shape index (κ3) is 5.65. The van der Waals surface area contributed by atoms with Crippen molar-refractivity contribution in [3.8, 4) is 5.75 Å². The second kappa shape index (κ2) is 9.88. The van der Waals surface area contributed by atoms with Crippen LogP contribution in [0.5, 0.6) is 5.75 Å². The largest absolute Gasteiger partial charge is 0.573 e. The van der Waals surface area contributed by atoms with E-state index in [-0.39, 0.29) is 21.4 Å². The third-order valence-corrected chi connectivity index (χ3v) is 7.60. The molecule has 3 aromatic rings. The van der Waals surface area contributed by atoms with Gasteiger partial charge in [0, 0.05) is 44.5 Å². The van der Waals surface area contributed by atoms with Gasteiger partial charge in [0.25, 0.3) is 0 Å². The minimum absolute atomic E-state index is 0.220. The molecule has 1 saturated heterocycles. The quantitative estimate of drug-likeness (QED) is 0.419. The Labute approximate surface area is 215 Å². The predicted molar refractivity (Wildman–Crippen MR) is 126 cm³/mol. The summed E-state index contributed by atoms with van der Waals surface area (Å²) in [5.74, 6) is -3.08. The summed E-state index contributed by atoms with van der Waals surface area (Å²) in [6.07, 6.45) is -9.30. The number of rotatable bonds is 4. The van der Waals surface area contributed by atoms with Crippen molar-refractivity contribution in [2.45, 2.75) is 31.4 Å². The van der Waals surface area contributed by atoms with Crippen LogP contribution in [0, 0.1) is 5.82 Å². The zero-order valence-electron chi connectivity index (χ0n) is 19.7. The normalized spacial score (nSPS) is 19.3. The smallest absolute Gasteiger partial charge is 0.406 e. The van der Waals surface area contributed by atoms with E-state index < -0.39 is 24.2 Å². The molecule has 38 heavy (non-hydrogen) atoms. The molecule has 1 amide bonds. The molecule has 0 saturated carbocycles. The molecule has 0 radical (unpaired) electrons. The molecule has 0 N–H and O–H groups in total. The van der Waals surface area contributed by atoms with Gasteiger partial charge in [0.15, 0.2) is 4.80 Å². The van der Waals surface area contributed by atoms with Gasteiger partial charge in [-0.15, -0.1) is 13.2 Å². The lowest BCUT2D eigenvalue weighted by Crippen LogP contribution is -2.48. The van der Waals surface area contributed by atoms with E-state index in [4.69, 9.17) is 0 Å². The number of halogens is 7. The first-order valence-corrected chi connectivity index (χ1v) is 12.5. The lowest BCUT2D eigenvalue weighted by molar-refractivity contribution is -0.274. The molecule has 14 heteroatoms. The van der Waals surface area contributed by atoms with Gasteiger partial charge in [-0.1, -0.05) is 11.3 Å². The predicted octanol–water partition coefficient (Wildman–Crippen LogP) is 5.04. The molecular formula is C24H21F7N4O2S. The first-order chi connectivity index (χ1) is 17.9. The molecule has 204 valence electrons. The van der Waals surface area contributed by atoms with E-state index in [2.05, 4.69) is 19.5 Å². The van der Waals surface area contributed by atoms with E-state index in [0.717, 1.165) is 23.1 Å². The molecule has 2 aromatic carbocycles. The summed E-state index contributed by atoms with van der Waals surface area (Å²) in [7, 11) is 0. The van der Waals surface area contributed by atoms with Crippen molar-refractivity contribution >= 4 is 33.1 Å². The summed E-state index contributed by atoms with van der Waals surface area (Å²) in [4.78, 5) is 19.1. The molecule has 2 aliphatic heterocycles. The van der Waals surface area contributed by atoms with Crippen LogP contribution in [0.1, 0.15) is 18.0 Å². The topological polar surface area (TPSA) is 50.1 Å². The number of benzene rings is 2. The lowest BCUT2D eigenvalue weighted by atomic mass is 9.98. The number of nitrogens with zero attached hydrogens (tertiary/aromatic N) is 4. The van der Waals surface area contributed by atoms with Crippen molar-refractivity contribution < 1.29 is 40.3 Å². The van der Waals surface area contributed by atoms with E-state index in [0.29, 0.717) is 56.6 Å². The summed E-state index contributed by atoms with van der Waals surface area (Å²) in [6.45, 7) is 3.04. The number of aryl methyl sites for hydroxylation is 1. The van der Waals surface area contributed by atoms with Gasteiger partial charge in [-0.25, -0.2) is 4.39 Å². The molecule has 1 atom stereocenters. The number of hydrogen-bond acceptors (Lipinski definition) is 5. The Balaban J connectivity index is 1.44. The van der Waals surface area contributed by atoms with Gasteiger partial charge >= 0.3 is 18.4 Å². The van der Waals surface area contributed by atoms with Gasteiger partial charge in [0.1, 0.15) is 11.6 Å². The molecule has 6 nitrogen and oxygen atoms in total. The number of carbonyl (C=O) groups is 1. The maximum Gasteiger partial charge on any atom is 0.573 e. The van der Waals surface area contributed by atoms with Crippen LogP contribution in [0.2, 0.25) is 0 Å². The number of piperazine rings is 1. The number of thiazole rings is 1. The Kier molecular flexibility index (Phi) is 6.88. The molecule has 5 rings (SSSR count). The monoisotopic (exact) mass is 562 g/mol. The lowest BCUT2D eigenvalue weighted by Gasteiger charge is -2.38. The third-order valence-electron chi connectivity index (χ3n) is 6.59. The standard InChI is InChI=1S/C24H21F7N4O2S/c25-15-2-5-16(6-3-15)34-9-7-33(8-10-34)13-17-4-1-14-11-18(37-24(29,30)31)12-19-20(14)35(17)22(38-19)32-21(36)23(26,27)28/h2-3,5-6,11-12,17H,1,4,7-10,13H2/t17-/m1/s1. The summed E-state index contributed by atoms with van der Waals surface area (Å²) >= 11 is 0.723. The van der Waals surface area contributed by atoms with Crippen LogP contribution < -0.4 is 14.4 Å². The van der Waals surface area contributed by atoms with Crippen LogP contribution >= 0.6 is 11.3 Å². The summed E-state index contributed by atoms with van der Waals surface area (Å²) in [6, 6.07) is 8.16. The van der Waals surface area contributed by atoms with Gasteiger partial charge in [-0.2, -0.15) is 18.2 Å². The molecular weight excluding hydrogens is 541 g/mol. The zero-order valence-corrected chi connectivity index (χ0v) is 20.5. The maximum absolute atomic E-state index is 13.2. The fourth-order valence-corrected chi connectivity index (χ4v) is 6.11. The van der Waals surface area contributed by atoms with Crippen molar-refractivity contribution in [1.82, 2.24) is 9.47 Å². The molecule has 1 aromatic heterocycles. The van der Waals surface area contributed by atoms with Gasteiger partial charge in [0.05, 0.1) is 10.2 Å². The molecule has 0 unspecified atom stereocenters. The van der Waals surface area contributed by atoms with Crippen LogP contribution in [-0.4, -0.2) is 60.6 Å². The van der Waals surface area contributed by atoms with Gasteiger partial charge < -0.3 is 14.2 Å². The minimum Gasteiger partial charge on any atom is -0.406 e. The highest BCUT2D eigenvalue weighted by molar-refractivity contribution is 7.16. The van der Waals surface area contributed by atoms with E-state index in [1.54, 1.807) is 16.7 Å². The van der Waals surface area contributed by atoms with Crippen molar-refractivity contribution in [3.63, 3.8) is 0 Å². The van der Waals surface area contributed by atoms with E-state index >= 15 is 0 Å². The number of ether oxygens (including phenoxy) is 1. The average Bonchev–Trinajstić information content (AvgIpc) is 3.19. The molecule has 2 aliphatic rings. The molecule has 0 bridgehead atoms. The first-order valence-electron chi connectivity index (χ1n) is 11.7. The number of aromatic nitrogens is 1. The van der Waals surface area contributed by atoms with Crippen LogP contribution in [0.15, 0.2) is 41.4 Å². The number of hydrogen-bond donors (Lipinski definition) is 0. The Hall–Kier alpha value is -3.13. The second-order valence-corrected chi connectivity index (χ2v) is 10.1.